The van der Waals surface area contributed by atoms with E-state index in [0.717, 1.165) is 31.2 Å². The summed E-state index contributed by atoms with van der Waals surface area (Å²) in [7, 11) is 0. The third kappa shape index (κ3) is 14.1. The van der Waals surface area contributed by atoms with Gasteiger partial charge >= 0.3 is 12.1 Å². The average Bonchev–Trinajstić information content (AvgIpc) is 3.03. The number of alkyl carbamates (subject to hydrolysis) is 1. The van der Waals surface area contributed by atoms with Gasteiger partial charge in [-0.25, -0.2) is 9.59 Å². The molecule has 0 aromatic heterocycles. The third-order valence-corrected chi connectivity index (χ3v) is 9.48. The number of benzene rings is 1. The number of hydrogen-bond donors (Lipinski definition) is 6. The Bertz CT molecular complexity index is 1230. The summed E-state index contributed by atoms with van der Waals surface area (Å²) in [4.78, 5) is 55.2. The van der Waals surface area contributed by atoms with Gasteiger partial charge in [0.15, 0.2) is 0 Å². The number of likely N-dealkylation sites (tertiary alicyclic amines) is 1. The molecule has 282 valence electrons. The zero-order valence-corrected chi connectivity index (χ0v) is 31.3. The van der Waals surface area contributed by atoms with Crippen LogP contribution in [0.5, 0.6) is 0 Å². The summed E-state index contributed by atoms with van der Waals surface area (Å²) in [5.41, 5.74) is -1.20. The SMILES string of the molecule is CC(C)C[C@H](NC(=O)[C@H](Cc1ccccc1)NC(=O)N1CCC(NC(=O)OC(C)(C)C)CC1)C(=O)N[C@@H](CC1CCCCC1)[C@H](O)C(C)(C)O. The molecule has 1 aliphatic heterocycles. The molecule has 2 fully saturated rings. The van der Waals surface area contributed by atoms with Gasteiger partial charge in [0, 0.05) is 25.6 Å². The van der Waals surface area contributed by atoms with Gasteiger partial charge in [-0.2, -0.15) is 0 Å². The van der Waals surface area contributed by atoms with Crippen LogP contribution in [0, 0.1) is 11.8 Å². The van der Waals surface area contributed by atoms with E-state index in [4.69, 9.17) is 4.74 Å². The normalized spacial score (nSPS) is 18.8. The minimum atomic E-state index is -1.44. The zero-order valence-electron chi connectivity index (χ0n) is 31.3. The second kappa shape index (κ2) is 18.7. The number of nitrogens with zero attached hydrogens (tertiary/aromatic N) is 1. The van der Waals surface area contributed by atoms with E-state index in [0.29, 0.717) is 44.7 Å². The summed E-state index contributed by atoms with van der Waals surface area (Å²) >= 11 is 0. The fourth-order valence-corrected chi connectivity index (χ4v) is 6.80. The van der Waals surface area contributed by atoms with Crippen molar-refractivity contribution in [3.63, 3.8) is 0 Å². The topological polar surface area (TPSA) is 169 Å². The number of aliphatic hydroxyl groups is 2. The van der Waals surface area contributed by atoms with Crippen LogP contribution in [0.25, 0.3) is 0 Å². The molecule has 3 rings (SSSR count). The van der Waals surface area contributed by atoms with E-state index in [1.54, 1.807) is 25.7 Å². The summed E-state index contributed by atoms with van der Waals surface area (Å²) in [5.74, 6) is -0.538. The van der Waals surface area contributed by atoms with E-state index in [1.807, 2.05) is 44.2 Å². The molecule has 50 heavy (non-hydrogen) atoms. The first kappa shape index (κ1) is 41.0. The molecule has 0 spiro atoms. The molecular weight excluding hydrogens is 638 g/mol. The number of ether oxygens (including phenoxy) is 1. The number of hydrogen-bond acceptors (Lipinski definition) is 7. The number of amides is 5. The molecule has 0 unspecified atom stereocenters. The summed E-state index contributed by atoms with van der Waals surface area (Å²) in [6.45, 7) is 13.2. The standard InChI is InChI=1S/C38H63N5O7/c1-25(2)22-30(33(45)40-29(32(44)38(6,7)49)23-26-14-10-8-11-15-26)41-34(46)31(24-27-16-12-9-13-17-27)42-35(47)43-20-18-28(19-21-43)39-36(48)50-37(3,4)5/h9,12-13,16-17,25-26,28-32,44,49H,8,10-11,14-15,18-24H2,1-7H3,(H,39,48)(H,40,45)(H,41,46)(H,42,47)/t29-,30-,31-,32-/m0/s1. The minimum absolute atomic E-state index is 0.0554. The van der Waals surface area contributed by atoms with E-state index in [-0.39, 0.29) is 18.4 Å². The molecule has 5 amide bonds. The van der Waals surface area contributed by atoms with Crippen LogP contribution in [0.15, 0.2) is 30.3 Å². The Labute approximate surface area is 298 Å². The highest BCUT2D eigenvalue weighted by Gasteiger charge is 2.37. The zero-order chi connectivity index (χ0) is 37.1. The van der Waals surface area contributed by atoms with Crippen LogP contribution in [0.3, 0.4) is 0 Å². The van der Waals surface area contributed by atoms with Crippen LogP contribution in [0.1, 0.15) is 112 Å². The lowest BCUT2D eigenvalue weighted by atomic mass is 9.81. The van der Waals surface area contributed by atoms with E-state index in [1.165, 1.54) is 20.3 Å². The van der Waals surface area contributed by atoms with Crippen molar-refractivity contribution in [3.8, 4) is 0 Å². The maximum atomic E-state index is 14.0. The summed E-state index contributed by atoms with van der Waals surface area (Å²) in [6.07, 6.45) is 5.89. The van der Waals surface area contributed by atoms with Gasteiger partial charge in [-0.15, -0.1) is 0 Å². The van der Waals surface area contributed by atoms with Crippen molar-refractivity contribution in [2.45, 2.75) is 154 Å². The quantitative estimate of drug-likeness (QED) is 0.167. The summed E-state index contributed by atoms with van der Waals surface area (Å²) < 4.78 is 5.36. The summed E-state index contributed by atoms with van der Waals surface area (Å²) in [5, 5.41) is 33.5. The van der Waals surface area contributed by atoms with Crippen molar-refractivity contribution in [1.29, 1.82) is 0 Å². The monoisotopic (exact) mass is 701 g/mol. The number of urea groups is 1. The molecule has 1 saturated carbocycles. The Morgan fingerprint density at radius 1 is 0.860 bits per heavy atom. The fraction of sp³-hybridized carbons (Fsp3) is 0.737. The Balaban J connectivity index is 1.72. The maximum absolute atomic E-state index is 14.0. The molecule has 12 heteroatoms. The average molecular weight is 702 g/mol. The predicted octanol–water partition coefficient (Wildman–Crippen LogP) is 4.41. The molecule has 1 aromatic carbocycles. The Kier molecular flexibility index (Phi) is 15.4. The highest BCUT2D eigenvalue weighted by atomic mass is 16.6. The number of piperidine rings is 1. The third-order valence-electron chi connectivity index (χ3n) is 9.48. The van der Waals surface area contributed by atoms with Crippen LogP contribution >= 0.6 is 0 Å². The van der Waals surface area contributed by atoms with Crippen LogP contribution < -0.4 is 21.3 Å². The Morgan fingerprint density at radius 2 is 1.46 bits per heavy atom. The maximum Gasteiger partial charge on any atom is 0.407 e. The van der Waals surface area contributed by atoms with Crippen LogP contribution in [-0.4, -0.2) is 93.6 Å². The molecule has 1 heterocycles. The lowest BCUT2D eigenvalue weighted by Crippen LogP contribution is -2.60. The molecule has 0 radical (unpaired) electrons. The van der Waals surface area contributed by atoms with Crippen LogP contribution in [-0.2, 0) is 20.7 Å². The molecule has 4 atom stereocenters. The number of rotatable bonds is 14. The van der Waals surface area contributed by atoms with Crippen molar-refractivity contribution in [1.82, 2.24) is 26.2 Å². The smallest absolute Gasteiger partial charge is 0.407 e. The first-order valence-electron chi connectivity index (χ1n) is 18.5. The van der Waals surface area contributed by atoms with Crippen molar-refractivity contribution in [2.24, 2.45) is 11.8 Å². The fourth-order valence-electron chi connectivity index (χ4n) is 6.80. The van der Waals surface area contributed by atoms with Gasteiger partial charge in [0.2, 0.25) is 11.8 Å². The number of aliphatic hydroxyl groups excluding tert-OH is 1. The van der Waals surface area contributed by atoms with E-state index >= 15 is 0 Å². The van der Waals surface area contributed by atoms with Crippen LogP contribution in [0.2, 0.25) is 0 Å². The number of nitrogens with one attached hydrogen (secondary N) is 4. The van der Waals surface area contributed by atoms with Gasteiger partial charge in [0.25, 0.3) is 0 Å². The second-order valence-corrected chi connectivity index (χ2v) is 16.2. The first-order valence-corrected chi connectivity index (χ1v) is 18.5. The van der Waals surface area contributed by atoms with Gasteiger partial charge in [0.1, 0.15) is 23.8 Å². The van der Waals surface area contributed by atoms with E-state index in [2.05, 4.69) is 21.3 Å². The lowest BCUT2D eigenvalue weighted by Gasteiger charge is -2.36. The lowest BCUT2D eigenvalue weighted by molar-refractivity contribution is -0.132. The molecule has 12 nitrogen and oxygen atoms in total. The largest absolute Gasteiger partial charge is 0.444 e. The van der Waals surface area contributed by atoms with Gasteiger partial charge in [-0.1, -0.05) is 76.3 Å². The number of carbonyl (C=O) groups excluding carboxylic acids is 4. The molecule has 1 aromatic rings. The number of carbonyl (C=O) groups is 4. The molecular formula is C38H63N5O7. The van der Waals surface area contributed by atoms with Gasteiger partial charge < -0.3 is 41.1 Å². The molecule has 6 N–H and O–H groups in total. The predicted molar refractivity (Wildman–Crippen MR) is 193 cm³/mol. The van der Waals surface area contributed by atoms with Crippen LogP contribution in [0.4, 0.5) is 9.59 Å². The van der Waals surface area contributed by atoms with Crippen molar-refractivity contribution in [2.75, 3.05) is 13.1 Å². The molecule has 1 saturated heterocycles. The van der Waals surface area contributed by atoms with Crippen molar-refractivity contribution >= 4 is 23.9 Å². The van der Waals surface area contributed by atoms with E-state index in [9.17, 15) is 29.4 Å². The van der Waals surface area contributed by atoms with Crippen molar-refractivity contribution < 1.29 is 34.1 Å². The minimum Gasteiger partial charge on any atom is -0.444 e. The molecule has 1 aliphatic carbocycles. The molecule has 0 bridgehead atoms. The summed E-state index contributed by atoms with van der Waals surface area (Å²) in [6, 6.07) is 6.26. The molecule has 2 aliphatic rings. The van der Waals surface area contributed by atoms with Gasteiger partial charge in [0.05, 0.1) is 11.6 Å². The Morgan fingerprint density at radius 3 is 2.02 bits per heavy atom. The highest BCUT2D eigenvalue weighted by molar-refractivity contribution is 5.92. The van der Waals surface area contributed by atoms with E-state index < -0.39 is 59.4 Å². The highest BCUT2D eigenvalue weighted by Crippen LogP contribution is 2.29. The van der Waals surface area contributed by atoms with Gasteiger partial charge in [-0.05, 0) is 77.7 Å². The Hall–Kier alpha value is -3.38. The second-order valence-electron chi connectivity index (χ2n) is 16.2. The van der Waals surface area contributed by atoms with Gasteiger partial charge in [-0.3, -0.25) is 9.59 Å². The first-order chi connectivity index (χ1) is 23.4. The van der Waals surface area contributed by atoms with Crippen molar-refractivity contribution in [3.05, 3.63) is 35.9 Å².